The molecule has 2 aliphatic rings. The van der Waals surface area contributed by atoms with Gasteiger partial charge < -0.3 is 9.80 Å². The average molecular weight is 648 g/mol. The molecule has 0 saturated carbocycles. The fourth-order valence-electron chi connectivity index (χ4n) is 6.31. The van der Waals surface area contributed by atoms with E-state index in [0.29, 0.717) is 27.9 Å². The van der Waals surface area contributed by atoms with E-state index < -0.39 is 0 Å². The molecular weight excluding hydrogens is 599 g/mol. The Morgan fingerprint density at radius 3 is 2.04 bits per heavy atom. The molecule has 1 aromatic heterocycles. The first kappa shape index (κ1) is 34.8. The highest BCUT2D eigenvalue weighted by Crippen LogP contribution is 2.36. The molecule has 0 bridgehead atoms. The van der Waals surface area contributed by atoms with Gasteiger partial charge in [-0.1, -0.05) is 114 Å². The maximum atomic E-state index is 13.6. The summed E-state index contributed by atoms with van der Waals surface area (Å²) in [6, 6.07) is 12.5. The number of pyridine rings is 1. The third kappa shape index (κ3) is 8.80. The largest absolute Gasteiger partial charge is 0.368 e. The van der Waals surface area contributed by atoms with Gasteiger partial charge in [0.15, 0.2) is 0 Å². The number of hydrogen-bond acceptors (Lipinski definition) is 7. The fourth-order valence-corrected chi connectivity index (χ4v) is 7.60. The summed E-state index contributed by atoms with van der Waals surface area (Å²) in [6.45, 7) is 10.3. The summed E-state index contributed by atoms with van der Waals surface area (Å²) in [5.41, 5.74) is 2.46. The van der Waals surface area contributed by atoms with Gasteiger partial charge in [-0.05, 0) is 43.5 Å². The summed E-state index contributed by atoms with van der Waals surface area (Å²) in [4.78, 5) is 34.1. The highest BCUT2D eigenvalue weighted by molar-refractivity contribution is 8.26. The van der Waals surface area contributed by atoms with Gasteiger partial charge in [0, 0.05) is 50.5 Å². The predicted molar refractivity (Wildman–Crippen MR) is 193 cm³/mol. The lowest BCUT2D eigenvalue weighted by Gasteiger charge is -2.39. The molecule has 45 heavy (non-hydrogen) atoms. The normalized spacial score (nSPS) is 16.2. The fraction of sp³-hybridized carbons (Fsp3) is 0.556. The van der Waals surface area contributed by atoms with Crippen LogP contribution < -0.4 is 15.4 Å². The van der Waals surface area contributed by atoms with Gasteiger partial charge in [0.2, 0.25) is 0 Å². The zero-order valence-electron chi connectivity index (χ0n) is 27.4. The third-order valence-corrected chi connectivity index (χ3v) is 10.3. The molecule has 0 spiro atoms. The van der Waals surface area contributed by atoms with Crippen LogP contribution in [-0.4, -0.2) is 52.4 Å². The molecule has 2 fully saturated rings. The number of hydrogen-bond donors (Lipinski definition) is 0. The van der Waals surface area contributed by atoms with E-state index in [1.807, 2.05) is 26.0 Å². The molecule has 9 heteroatoms. The number of thioether (sulfide) groups is 1. The smallest absolute Gasteiger partial charge is 0.270 e. The lowest BCUT2D eigenvalue weighted by molar-refractivity contribution is -0.122. The molecule has 0 atom stereocenters. The van der Waals surface area contributed by atoms with E-state index in [0.717, 1.165) is 56.8 Å². The summed E-state index contributed by atoms with van der Waals surface area (Å²) >= 11 is 7.00. The highest BCUT2D eigenvalue weighted by Gasteiger charge is 2.33. The van der Waals surface area contributed by atoms with Crippen LogP contribution in [0.1, 0.15) is 101 Å². The van der Waals surface area contributed by atoms with Crippen molar-refractivity contribution in [2.75, 3.05) is 42.5 Å². The Bertz CT molecular complexity index is 1440. The second-order valence-electron chi connectivity index (χ2n) is 12.1. The summed E-state index contributed by atoms with van der Waals surface area (Å²) < 4.78 is 2.33. The first-order valence-electron chi connectivity index (χ1n) is 16.9. The summed E-state index contributed by atoms with van der Waals surface area (Å²) in [5.74, 6) is 0.720. The molecule has 4 rings (SSSR count). The molecule has 1 aromatic carbocycles. The Kier molecular flexibility index (Phi) is 13.6. The second kappa shape index (κ2) is 17.6. The maximum Gasteiger partial charge on any atom is 0.270 e. The molecule has 1 amide bonds. The predicted octanol–water partition coefficient (Wildman–Crippen LogP) is 7.89. The third-order valence-electron chi connectivity index (χ3n) is 8.88. The Morgan fingerprint density at radius 2 is 1.44 bits per heavy atom. The molecule has 0 aliphatic carbocycles. The van der Waals surface area contributed by atoms with Gasteiger partial charge in [-0.3, -0.25) is 19.1 Å². The molecule has 7 nitrogen and oxygen atoms in total. The lowest BCUT2D eigenvalue weighted by Crippen LogP contribution is -2.48. The van der Waals surface area contributed by atoms with Crippen molar-refractivity contribution >= 4 is 51.8 Å². The van der Waals surface area contributed by atoms with E-state index in [2.05, 4.69) is 47.1 Å². The van der Waals surface area contributed by atoms with E-state index in [1.165, 1.54) is 68.8 Å². The Morgan fingerprint density at radius 1 is 0.844 bits per heavy atom. The number of piperazine rings is 1. The van der Waals surface area contributed by atoms with Crippen molar-refractivity contribution in [2.24, 2.45) is 0 Å². The first-order valence-corrected chi connectivity index (χ1v) is 18.1. The minimum Gasteiger partial charge on any atom is -0.368 e. The van der Waals surface area contributed by atoms with E-state index in [4.69, 9.17) is 12.2 Å². The number of nitriles is 1. The number of para-hydroxylation sites is 1. The van der Waals surface area contributed by atoms with Crippen LogP contribution >= 0.6 is 24.0 Å². The van der Waals surface area contributed by atoms with Crippen LogP contribution in [0.3, 0.4) is 0 Å². The number of aromatic nitrogens is 1. The Balaban J connectivity index is 1.50. The Labute approximate surface area is 279 Å². The van der Waals surface area contributed by atoms with Crippen molar-refractivity contribution < 1.29 is 4.79 Å². The van der Waals surface area contributed by atoms with Gasteiger partial charge in [0.1, 0.15) is 21.8 Å². The molecule has 2 aromatic rings. The Hall–Kier alpha value is -3.09. The average Bonchev–Trinajstić information content (AvgIpc) is 3.32. The van der Waals surface area contributed by atoms with Gasteiger partial charge in [-0.25, -0.2) is 0 Å². The number of nitrogens with zero attached hydrogens (tertiary/aromatic N) is 5. The minimum absolute atomic E-state index is 0.0769. The maximum absolute atomic E-state index is 13.6. The van der Waals surface area contributed by atoms with Crippen molar-refractivity contribution in [2.45, 2.75) is 97.9 Å². The highest BCUT2D eigenvalue weighted by atomic mass is 32.2. The van der Waals surface area contributed by atoms with Crippen LogP contribution in [0.4, 0.5) is 11.5 Å². The van der Waals surface area contributed by atoms with Gasteiger partial charge >= 0.3 is 0 Å². The van der Waals surface area contributed by atoms with Crippen LogP contribution in [0.25, 0.3) is 6.08 Å². The second-order valence-corrected chi connectivity index (χ2v) is 13.8. The zero-order valence-corrected chi connectivity index (χ0v) is 29.0. The van der Waals surface area contributed by atoms with Crippen molar-refractivity contribution in [3.05, 3.63) is 62.3 Å². The molecule has 242 valence electrons. The summed E-state index contributed by atoms with van der Waals surface area (Å²) in [6.07, 6.45) is 15.0. The molecule has 0 radical (unpaired) electrons. The minimum atomic E-state index is -0.261. The van der Waals surface area contributed by atoms with Crippen molar-refractivity contribution in [3.8, 4) is 6.07 Å². The molecule has 0 unspecified atom stereocenters. The number of rotatable bonds is 16. The topological polar surface area (TPSA) is 72.6 Å². The molecule has 3 heterocycles. The van der Waals surface area contributed by atoms with Crippen LogP contribution in [0.15, 0.2) is 40.0 Å². The number of thiocarbonyl (C=S) groups is 1. The SMILES string of the molecule is CCCCCCCCCCCCN1C(=O)C(=Cc2c(C)c(C#N)c(=O)n(CCC)c2N2CCN(c3ccccc3)CC2)SC1=S. The van der Waals surface area contributed by atoms with Crippen LogP contribution in [0.2, 0.25) is 0 Å². The van der Waals surface area contributed by atoms with E-state index in [1.54, 1.807) is 9.47 Å². The number of anilines is 2. The van der Waals surface area contributed by atoms with E-state index in [-0.39, 0.29) is 17.0 Å². The number of unbranched alkanes of at least 4 members (excludes halogenated alkanes) is 9. The van der Waals surface area contributed by atoms with Crippen molar-refractivity contribution in [1.29, 1.82) is 5.26 Å². The first-order chi connectivity index (χ1) is 21.9. The molecular formula is C36H49N5O2S2. The van der Waals surface area contributed by atoms with Gasteiger partial charge in [-0.2, -0.15) is 5.26 Å². The van der Waals surface area contributed by atoms with Crippen LogP contribution in [0.5, 0.6) is 0 Å². The van der Waals surface area contributed by atoms with Crippen LogP contribution in [-0.2, 0) is 11.3 Å². The lowest BCUT2D eigenvalue weighted by atomic mass is 10.0. The van der Waals surface area contributed by atoms with E-state index in [9.17, 15) is 14.9 Å². The van der Waals surface area contributed by atoms with Crippen LogP contribution in [0, 0.1) is 18.3 Å². The quantitative estimate of drug-likeness (QED) is 0.104. The monoisotopic (exact) mass is 647 g/mol. The van der Waals surface area contributed by atoms with Crippen molar-refractivity contribution in [3.63, 3.8) is 0 Å². The summed E-state index contributed by atoms with van der Waals surface area (Å²) in [5, 5.41) is 9.99. The molecule has 0 N–H and O–H groups in total. The van der Waals surface area contributed by atoms with Gasteiger partial charge in [0.05, 0.1) is 4.91 Å². The van der Waals surface area contributed by atoms with Gasteiger partial charge in [-0.15, -0.1) is 0 Å². The standard InChI is InChI=1S/C36H49N5O2S2/c1-4-6-7-8-9-10-11-12-13-17-21-41-35(43)32(45-36(41)44)26-30-28(3)31(27-37)34(42)40(20-5-2)33(30)39-24-22-38(23-25-39)29-18-15-14-16-19-29/h14-16,18-19,26H,4-13,17,20-25H2,1-3H3. The van der Waals surface area contributed by atoms with Gasteiger partial charge in [0.25, 0.3) is 11.5 Å². The number of benzene rings is 1. The molecule has 2 saturated heterocycles. The molecule has 2 aliphatic heterocycles. The summed E-state index contributed by atoms with van der Waals surface area (Å²) in [7, 11) is 0. The number of amides is 1. The number of carbonyl (C=O) groups is 1. The number of carbonyl (C=O) groups excluding carboxylic acids is 1. The van der Waals surface area contributed by atoms with Crippen molar-refractivity contribution in [1.82, 2.24) is 9.47 Å². The van der Waals surface area contributed by atoms with E-state index >= 15 is 0 Å². The zero-order chi connectivity index (χ0) is 32.2.